The van der Waals surface area contributed by atoms with Crippen molar-refractivity contribution in [3.8, 4) is 0 Å². The molecule has 0 atom stereocenters. The van der Waals surface area contributed by atoms with Crippen molar-refractivity contribution in [2.45, 2.75) is 65.3 Å². The van der Waals surface area contributed by atoms with Gasteiger partial charge in [0.05, 0.1) is 0 Å². The fourth-order valence-corrected chi connectivity index (χ4v) is 5.61. The van der Waals surface area contributed by atoms with Crippen LogP contribution >= 0.6 is 0 Å². The van der Waals surface area contributed by atoms with E-state index in [1.54, 1.807) is 0 Å². The van der Waals surface area contributed by atoms with Gasteiger partial charge in [0.15, 0.2) is 0 Å². The highest BCUT2D eigenvalue weighted by atomic mass is 28.4. The van der Waals surface area contributed by atoms with Crippen molar-refractivity contribution in [2.75, 3.05) is 32.9 Å². The van der Waals surface area contributed by atoms with E-state index in [2.05, 4.69) is 0 Å². The molecule has 0 radical (unpaired) electrons. The first-order valence-electron chi connectivity index (χ1n) is 8.87. The zero-order valence-corrected chi connectivity index (χ0v) is 15.6. The Morgan fingerprint density at radius 3 is 2.18 bits per heavy atom. The number of carbonyl (C=O) groups is 1. The van der Waals surface area contributed by atoms with Crippen molar-refractivity contribution < 1.29 is 18.1 Å². The largest absolute Gasteiger partial charge is 0.500 e. The van der Waals surface area contributed by atoms with Crippen LogP contribution in [-0.2, 0) is 18.1 Å². The first-order valence-corrected chi connectivity index (χ1v) is 10.8. The first kappa shape index (κ1) is 19.6. The summed E-state index contributed by atoms with van der Waals surface area (Å²) in [6.07, 6.45) is 6.06. The lowest BCUT2D eigenvalue weighted by atomic mass is 10.2. The van der Waals surface area contributed by atoms with Gasteiger partial charge in [-0.15, -0.1) is 0 Å². The van der Waals surface area contributed by atoms with E-state index >= 15 is 0 Å². The molecule has 0 N–H and O–H groups in total. The second-order valence-corrected chi connectivity index (χ2v) is 8.36. The van der Waals surface area contributed by atoms with Crippen molar-refractivity contribution in [3.05, 3.63) is 0 Å². The lowest BCUT2D eigenvalue weighted by Gasteiger charge is -2.29. The van der Waals surface area contributed by atoms with E-state index in [1.807, 2.05) is 25.7 Å². The fourth-order valence-electron chi connectivity index (χ4n) is 2.92. The minimum absolute atomic E-state index is 0.320. The van der Waals surface area contributed by atoms with E-state index < -0.39 is 8.80 Å². The molecule has 6 heteroatoms. The van der Waals surface area contributed by atoms with Crippen molar-refractivity contribution in [1.82, 2.24) is 4.90 Å². The molecule has 1 aliphatic rings. The molecule has 5 nitrogen and oxygen atoms in total. The van der Waals surface area contributed by atoms with Crippen molar-refractivity contribution in [1.29, 1.82) is 0 Å². The van der Waals surface area contributed by atoms with Crippen LogP contribution in [0.2, 0.25) is 6.04 Å². The van der Waals surface area contributed by atoms with Gasteiger partial charge in [0.1, 0.15) is 0 Å². The van der Waals surface area contributed by atoms with Crippen LogP contribution in [-0.4, -0.2) is 52.5 Å². The summed E-state index contributed by atoms with van der Waals surface area (Å²) < 4.78 is 17.6. The average molecular weight is 332 g/mol. The molecular weight excluding hydrogens is 298 g/mol. The van der Waals surface area contributed by atoms with Gasteiger partial charge in [-0.3, -0.25) is 4.79 Å². The lowest BCUT2D eigenvalue weighted by Crippen LogP contribution is -2.46. The van der Waals surface area contributed by atoms with E-state index in [1.165, 1.54) is 6.42 Å². The van der Waals surface area contributed by atoms with Gasteiger partial charge >= 0.3 is 8.80 Å². The fraction of sp³-hybridized carbons (Fsp3) is 0.938. The Hall–Kier alpha value is -0.433. The zero-order chi connectivity index (χ0) is 16.3. The van der Waals surface area contributed by atoms with Gasteiger partial charge in [-0.2, -0.15) is 0 Å². The van der Waals surface area contributed by atoms with E-state index in [9.17, 15) is 4.79 Å². The summed E-state index contributed by atoms with van der Waals surface area (Å²) in [6.45, 7) is 9.59. The number of nitrogens with zero attached hydrogens (tertiary/aromatic N) is 1. The highest BCUT2D eigenvalue weighted by Gasteiger charge is 2.39. The standard InChI is InChI=1S/C16H33NO4Si/c1-4-19-22(20-5-2,21-6-3)15-11-10-14-17-13-9-7-8-12-16(17)18/h4-15H2,1-3H3. The van der Waals surface area contributed by atoms with Gasteiger partial charge in [0.2, 0.25) is 5.91 Å². The normalized spacial score (nSPS) is 16.9. The number of hydrogen-bond donors (Lipinski definition) is 0. The number of amides is 1. The van der Waals surface area contributed by atoms with E-state index in [-0.39, 0.29) is 0 Å². The van der Waals surface area contributed by atoms with E-state index in [4.69, 9.17) is 13.3 Å². The Morgan fingerprint density at radius 1 is 0.955 bits per heavy atom. The third-order valence-electron chi connectivity index (χ3n) is 3.93. The molecule has 130 valence electrons. The molecule has 0 saturated carbocycles. The maximum Gasteiger partial charge on any atom is 0.500 e. The van der Waals surface area contributed by atoms with Gasteiger partial charge in [-0.05, 0) is 46.5 Å². The Morgan fingerprint density at radius 2 is 1.59 bits per heavy atom. The molecule has 0 bridgehead atoms. The monoisotopic (exact) mass is 331 g/mol. The van der Waals surface area contributed by atoms with Crippen LogP contribution in [0.5, 0.6) is 0 Å². The minimum Gasteiger partial charge on any atom is -0.374 e. The maximum absolute atomic E-state index is 12.0. The molecule has 1 fully saturated rings. The average Bonchev–Trinajstić information content (AvgIpc) is 2.69. The summed E-state index contributed by atoms with van der Waals surface area (Å²) in [7, 11) is -2.51. The minimum atomic E-state index is -2.51. The topological polar surface area (TPSA) is 48.0 Å². The Bertz CT molecular complexity index is 298. The molecule has 0 aliphatic carbocycles. The third kappa shape index (κ3) is 6.77. The first-order chi connectivity index (χ1) is 10.7. The Labute approximate surface area is 136 Å². The molecule has 0 unspecified atom stereocenters. The van der Waals surface area contributed by atoms with Crippen LogP contribution in [0.3, 0.4) is 0 Å². The van der Waals surface area contributed by atoms with Gasteiger partial charge in [-0.1, -0.05) is 6.42 Å². The predicted octanol–water partition coefficient (Wildman–Crippen LogP) is 3.22. The number of carbonyl (C=O) groups excluding carboxylic acids is 1. The molecule has 1 aliphatic heterocycles. The van der Waals surface area contributed by atoms with Crippen molar-refractivity contribution in [3.63, 3.8) is 0 Å². The summed E-state index contributed by atoms with van der Waals surface area (Å²) in [6, 6.07) is 0.838. The van der Waals surface area contributed by atoms with E-state index in [0.29, 0.717) is 25.7 Å². The van der Waals surface area contributed by atoms with Crippen LogP contribution in [0.1, 0.15) is 59.3 Å². The van der Waals surface area contributed by atoms with Gasteiger partial charge < -0.3 is 18.2 Å². The zero-order valence-electron chi connectivity index (χ0n) is 14.6. The van der Waals surface area contributed by atoms with Crippen LogP contribution in [0.25, 0.3) is 0 Å². The van der Waals surface area contributed by atoms with Crippen LogP contribution in [0.15, 0.2) is 0 Å². The highest BCUT2D eigenvalue weighted by molar-refractivity contribution is 6.60. The molecule has 1 amide bonds. The van der Waals surface area contributed by atoms with Crippen molar-refractivity contribution >= 4 is 14.7 Å². The number of likely N-dealkylation sites (tertiary alicyclic amines) is 1. The molecule has 1 heterocycles. The molecule has 0 spiro atoms. The second-order valence-electron chi connectivity index (χ2n) is 5.63. The van der Waals surface area contributed by atoms with Gasteiger partial charge in [0, 0.05) is 45.4 Å². The summed E-state index contributed by atoms with van der Waals surface area (Å²) in [5.74, 6) is 0.320. The van der Waals surface area contributed by atoms with Crippen LogP contribution in [0.4, 0.5) is 0 Å². The molecule has 1 rings (SSSR count). The number of hydrogen-bond acceptors (Lipinski definition) is 4. The number of unbranched alkanes of at least 4 members (excludes halogenated alkanes) is 1. The highest BCUT2D eigenvalue weighted by Crippen LogP contribution is 2.20. The Balaban J connectivity index is 2.39. The van der Waals surface area contributed by atoms with Gasteiger partial charge in [-0.25, -0.2) is 0 Å². The SMILES string of the molecule is CCO[Si](CCCCN1CCCCCC1=O)(OCC)OCC. The lowest BCUT2D eigenvalue weighted by molar-refractivity contribution is -0.130. The Kier molecular flexibility index (Phi) is 9.95. The maximum atomic E-state index is 12.0. The molecule has 1 saturated heterocycles. The number of rotatable bonds is 11. The van der Waals surface area contributed by atoms with Crippen molar-refractivity contribution in [2.24, 2.45) is 0 Å². The van der Waals surface area contributed by atoms with Crippen LogP contribution < -0.4 is 0 Å². The third-order valence-corrected chi connectivity index (χ3v) is 7.08. The van der Waals surface area contributed by atoms with Crippen LogP contribution in [0, 0.1) is 0 Å². The molecule has 0 aromatic rings. The molecule has 22 heavy (non-hydrogen) atoms. The molecule has 0 aromatic carbocycles. The molecule has 0 aromatic heterocycles. The summed E-state index contributed by atoms with van der Waals surface area (Å²) in [5.41, 5.74) is 0. The van der Waals surface area contributed by atoms with Gasteiger partial charge in [0.25, 0.3) is 0 Å². The predicted molar refractivity (Wildman–Crippen MR) is 89.7 cm³/mol. The summed E-state index contributed by atoms with van der Waals surface area (Å²) in [4.78, 5) is 14.0. The summed E-state index contributed by atoms with van der Waals surface area (Å²) >= 11 is 0. The second kappa shape index (κ2) is 11.2. The quantitative estimate of drug-likeness (QED) is 0.431. The summed E-state index contributed by atoms with van der Waals surface area (Å²) in [5, 5.41) is 0. The molecular formula is C16H33NO4Si. The smallest absolute Gasteiger partial charge is 0.374 e. The van der Waals surface area contributed by atoms with E-state index in [0.717, 1.165) is 51.2 Å².